The van der Waals surface area contributed by atoms with Crippen molar-refractivity contribution < 1.29 is 9.53 Å². The number of ether oxygens (including phenoxy) is 1. The molecule has 0 aliphatic carbocycles. The van der Waals surface area contributed by atoms with Gasteiger partial charge < -0.3 is 15.4 Å². The molecule has 0 saturated carbocycles. The van der Waals surface area contributed by atoms with Crippen LogP contribution in [0.25, 0.3) is 0 Å². The molecule has 2 atom stereocenters. The zero-order valence-corrected chi connectivity index (χ0v) is 13.8. The van der Waals surface area contributed by atoms with Crippen molar-refractivity contribution in [1.82, 2.24) is 10.6 Å². The summed E-state index contributed by atoms with van der Waals surface area (Å²) in [6.45, 7) is 13.2. The summed E-state index contributed by atoms with van der Waals surface area (Å²) in [6, 6.07) is 0. The normalized spacial score (nSPS) is 24.3. The molecule has 4 nitrogen and oxygen atoms in total. The first-order valence-corrected chi connectivity index (χ1v) is 7.97. The summed E-state index contributed by atoms with van der Waals surface area (Å²) in [7, 11) is 0. The van der Waals surface area contributed by atoms with E-state index in [1.165, 1.54) is 12.8 Å². The molecule has 2 N–H and O–H groups in total. The van der Waals surface area contributed by atoms with E-state index in [9.17, 15) is 4.79 Å². The summed E-state index contributed by atoms with van der Waals surface area (Å²) >= 11 is 0. The Balaban J connectivity index is 2.36. The maximum atomic E-state index is 11.6. The molecule has 1 heterocycles. The maximum absolute atomic E-state index is 11.6. The van der Waals surface area contributed by atoms with Gasteiger partial charge in [0.15, 0.2) is 0 Å². The zero-order valence-electron chi connectivity index (χ0n) is 13.8. The third-order valence-corrected chi connectivity index (χ3v) is 3.99. The predicted octanol–water partition coefficient (Wildman–Crippen LogP) is 3.17. The minimum Gasteiger partial charge on any atom is -0.444 e. The van der Waals surface area contributed by atoms with E-state index in [4.69, 9.17) is 4.74 Å². The van der Waals surface area contributed by atoms with Crippen molar-refractivity contribution in [3.8, 4) is 0 Å². The first-order chi connectivity index (χ1) is 9.29. The van der Waals surface area contributed by atoms with Crippen LogP contribution >= 0.6 is 0 Å². The number of hydrogen-bond acceptors (Lipinski definition) is 3. The lowest BCUT2D eigenvalue weighted by molar-refractivity contribution is 0.0522. The van der Waals surface area contributed by atoms with Gasteiger partial charge in [-0.15, -0.1) is 0 Å². The van der Waals surface area contributed by atoms with Crippen molar-refractivity contribution in [2.45, 2.75) is 59.5 Å². The fourth-order valence-corrected chi connectivity index (χ4v) is 3.04. The van der Waals surface area contributed by atoms with Gasteiger partial charge in [-0.25, -0.2) is 4.79 Å². The average Bonchev–Trinajstić information content (AvgIpc) is 2.51. The Labute approximate surface area is 124 Å². The van der Waals surface area contributed by atoms with E-state index >= 15 is 0 Å². The van der Waals surface area contributed by atoms with Crippen molar-refractivity contribution in [3.05, 3.63) is 0 Å². The summed E-state index contributed by atoms with van der Waals surface area (Å²) in [4.78, 5) is 11.6. The molecule has 1 fully saturated rings. The van der Waals surface area contributed by atoms with Gasteiger partial charge >= 0.3 is 6.09 Å². The molecule has 0 aromatic heterocycles. The summed E-state index contributed by atoms with van der Waals surface area (Å²) in [6.07, 6.45) is 3.20. The third-order valence-electron chi connectivity index (χ3n) is 3.99. The SMILES string of the molecule is CC(C)C1CCNCCC1CCNC(=O)OC(C)(C)C. The number of nitrogens with one attached hydrogen (secondary N) is 2. The van der Waals surface area contributed by atoms with E-state index in [1.54, 1.807) is 0 Å². The van der Waals surface area contributed by atoms with Crippen LogP contribution in [0.1, 0.15) is 53.9 Å². The van der Waals surface area contributed by atoms with Crippen LogP contribution in [-0.2, 0) is 4.74 Å². The van der Waals surface area contributed by atoms with Crippen molar-refractivity contribution in [1.29, 1.82) is 0 Å². The van der Waals surface area contributed by atoms with Crippen LogP contribution < -0.4 is 10.6 Å². The Kier molecular flexibility index (Phi) is 6.80. The van der Waals surface area contributed by atoms with Crippen molar-refractivity contribution in [2.75, 3.05) is 19.6 Å². The van der Waals surface area contributed by atoms with Crippen LogP contribution in [0, 0.1) is 17.8 Å². The minimum absolute atomic E-state index is 0.301. The quantitative estimate of drug-likeness (QED) is 0.833. The number of rotatable bonds is 4. The molecule has 1 saturated heterocycles. The first kappa shape index (κ1) is 17.3. The molecule has 0 bridgehead atoms. The first-order valence-electron chi connectivity index (χ1n) is 7.97. The smallest absolute Gasteiger partial charge is 0.407 e. The standard InChI is InChI=1S/C16H32N2O2/c1-12(2)14-8-10-17-9-6-13(14)7-11-18-15(19)20-16(3,4)5/h12-14,17H,6-11H2,1-5H3,(H,18,19). The molecule has 20 heavy (non-hydrogen) atoms. The molecule has 118 valence electrons. The monoisotopic (exact) mass is 284 g/mol. The molecule has 1 aliphatic heterocycles. The molecular weight excluding hydrogens is 252 g/mol. The number of carbonyl (C=O) groups is 1. The second kappa shape index (κ2) is 7.87. The van der Waals surface area contributed by atoms with Gasteiger partial charge in [-0.1, -0.05) is 13.8 Å². The fourth-order valence-electron chi connectivity index (χ4n) is 3.04. The van der Waals surface area contributed by atoms with Gasteiger partial charge in [-0.2, -0.15) is 0 Å². The van der Waals surface area contributed by atoms with Gasteiger partial charge in [0.25, 0.3) is 0 Å². The van der Waals surface area contributed by atoms with Crippen LogP contribution in [0.3, 0.4) is 0 Å². The Morgan fingerprint density at radius 2 is 1.95 bits per heavy atom. The second-order valence-electron chi connectivity index (χ2n) is 7.21. The van der Waals surface area contributed by atoms with E-state index < -0.39 is 5.60 Å². The van der Waals surface area contributed by atoms with Crippen molar-refractivity contribution in [3.63, 3.8) is 0 Å². The van der Waals surface area contributed by atoms with Gasteiger partial charge in [-0.3, -0.25) is 0 Å². The molecule has 1 rings (SSSR count). The highest BCUT2D eigenvalue weighted by Gasteiger charge is 2.26. The lowest BCUT2D eigenvalue weighted by Crippen LogP contribution is -2.34. The van der Waals surface area contributed by atoms with Gasteiger partial charge in [-0.05, 0) is 70.9 Å². The van der Waals surface area contributed by atoms with Crippen LogP contribution in [-0.4, -0.2) is 31.3 Å². The topological polar surface area (TPSA) is 50.4 Å². The van der Waals surface area contributed by atoms with Crippen molar-refractivity contribution in [2.24, 2.45) is 17.8 Å². The van der Waals surface area contributed by atoms with E-state index in [-0.39, 0.29) is 6.09 Å². The third kappa shape index (κ3) is 6.60. The van der Waals surface area contributed by atoms with Gasteiger partial charge in [0.05, 0.1) is 0 Å². The molecule has 4 heteroatoms. The maximum Gasteiger partial charge on any atom is 0.407 e. The summed E-state index contributed by atoms with van der Waals surface area (Å²) in [5.74, 6) is 2.16. The molecule has 0 radical (unpaired) electrons. The van der Waals surface area contributed by atoms with Gasteiger partial charge in [0.1, 0.15) is 5.60 Å². The average molecular weight is 284 g/mol. The fraction of sp³-hybridized carbons (Fsp3) is 0.938. The molecule has 2 unspecified atom stereocenters. The van der Waals surface area contributed by atoms with Gasteiger partial charge in [0.2, 0.25) is 0 Å². The highest BCUT2D eigenvalue weighted by molar-refractivity contribution is 5.67. The summed E-state index contributed by atoms with van der Waals surface area (Å²) in [5.41, 5.74) is -0.420. The Morgan fingerprint density at radius 1 is 1.30 bits per heavy atom. The molecule has 0 aromatic carbocycles. The molecular formula is C16H32N2O2. The Morgan fingerprint density at radius 3 is 2.55 bits per heavy atom. The second-order valence-corrected chi connectivity index (χ2v) is 7.21. The van der Waals surface area contributed by atoms with E-state index in [2.05, 4.69) is 24.5 Å². The van der Waals surface area contributed by atoms with Crippen LogP contribution in [0.5, 0.6) is 0 Å². The minimum atomic E-state index is -0.420. The number of carbonyl (C=O) groups excluding carboxylic acids is 1. The summed E-state index contributed by atoms with van der Waals surface area (Å²) in [5, 5.41) is 6.37. The van der Waals surface area contributed by atoms with Crippen LogP contribution in [0.4, 0.5) is 4.79 Å². The van der Waals surface area contributed by atoms with Crippen LogP contribution in [0.15, 0.2) is 0 Å². The highest BCUT2D eigenvalue weighted by Crippen LogP contribution is 2.30. The van der Waals surface area contributed by atoms with E-state index in [0.29, 0.717) is 18.4 Å². The molecule has 1 amide bonds. The lowest BCUT2D eigenvalue weighted by Gasteiger charge is -2.28. The highest BCUT2D eigenvalue weighted by atomic mass is 16.6. The molecule has 0 spiro atoms. The van der Waals surface area contributed by atoms with Crippen LogP contribution in [0.2, 0.25) is 0 Å². The Bertz CT molecular complexity index is 297. The van der Waals surface area contributed by atoms with E-state index in [1.807, 2.05) is 20.8 Å². The number of alkyl carbamates (subject to hydrolysis) is 1. The largest absolute Gasteiger partial charge is 0.444 e. The summed E-state index contributed by atoms with van der Waals surface area (Å²) < 4.78 is 5.26. The number of hydrogen-bond donors (Lipinski definition) is 2. The Hall–Kier alpha value is -0.770. The molecule has 1 aliphatic rings. The van der Waals surface area contributed by atoms with E-state index in [0.717, 1.165) is 25.4 Å². The molecule has 0 aromatic rings. The zero-order chi connectivity index (χ0) is 15.2. The lowest BCUT2D eigenvalue weighted by atomic mass is 9.78. The predicted molar refractivity (Wildman–Crippen MR) is 82.8 cm³/mol. The number of amides is 1. The van der Waals surface area contributed by atoms with Gasteiger partial charge in [0, 0.05) is 6.54 Å². The van der Waals surface area contributed by atoms with Crippen molar-refractivity contribution >= 4 is 6.09 Å².